The summed E-state index contributed by atoms with van der Waals surface area (Å²) in [7, 11) is -2.01. The molecule has 0 atom stereocenters. The maximum Gasteiger partial charge on any atom is 0.255 e. The van der Waals surface area contributed by atoms with Crippen LogP contribution in [0.2, 0.25) is 0 Å². The van der Waals surface area contributed by atoms with Crippen molar-refractivity contribution in [2.24, 2.45) is 0 Å². The smallest absolute Gasteiger partial charge is 0.255 e. The molecule has 0 saturated carbocycles. The second kappa shape index (κ2) is 8.03. The molecule has 0 bridgehead atoms. The Labute approximate surface area is 153 Å². The van der Waals surface area contributed by atoms with Crippen molar-refractivity contribution in [3.63, 3.8) is 0 Å². The van der Waals surface area contributed by atoms with Crippen LogP contribution in [0.5, 0.6) is 0 Å². The lowest BCUT2D eigenvalue weighted by Crippen LogP contribution is -2.33. The van der Waals surface area contributed by atoms with Gasteiger partial charge in [0, 0.05) is 23.5 Å². The molecule has 0 saturated heterocycles. The van der Waals surface area contributed by atoms with E-state index in [1.54, 1.807) is 18.8 Å². The summed E-state index contributed by atoms with van der Waals surface area (Å²) in [6.45, 7) is 3.62. The Morgan fingerprint density at radius 1 is 1.08 bits per heavy atom. The van der Waals surface area contributed by atoms with Gasteiger partial charge < -0.3 is 5.32 Å². The van der Waals surface area contributed by atoms with Crippen LogP contribution in [-0.2, 0) is 10.0 Å². The van der Waals surface area contributed by atoms with Crippen LogP contribution in [0.25, 0.3) is 0 Å². The first kappa shape index (κ1) is 19.5. The number of hydrogen-bond acceptors (Lipinski definition) is 4. The topological polar surface area (TPSA) is 66.5 Å². The Morgan fingerprint density at radius 2 is 1.68 bits per heavy atom. The standard InChI is InChI=1S/C18H22N2O3S2/c1-13(2)20(3)25(22,23)15-11-9-14(10-12-15)18(21)19-16-7-5-6-8-17(16)24-4/h5-13H,1-4H3,(H,19,21). The highest BCUT2D eigenvalue weighted by molar-refractivity contribution is 7.98. The molecule has 25 heavy (non-hydrogen) atoms. The highest BCUT2D eigenvalue weighted by atomic mass is 32.2. The molecule has 0 aliphatic rings. The van der Waals surface area contributed by atoms with E-state index in [9.17, 15) is 13.2 Å². The van der Waals surface area contributed by atoms with Crippen LogP contribution in [0.15, 0.2) is 58.3 Å². The molecule has 5 nitrogen and oxygen atoms in total. The lowest BCUT2D eigenvalue weighted by Gasteiger charge is -2.21. The second-order valence-corrected chi connectivity index (χ2v) is 8.64. The number of rotatable bonds is 6. The number of amides is 1. The first-order valence-electron chi connectivity index (χ1n) is 7.80. The molecule has 0 radical (unpaired) electrons. The van der Waals surface area contributed by atoms with Crippen molar-refractivity contribution in [1.82, 2.24) is 4.31 Å². The van der Waals surface area contributed by atoms with E-state index in [4.69, 9.17) is 0 Å². The van der Waals surface area contributed by atoms with Crippen LogP contribution < -0.4 is 5.32 Å². The van der Waals surface area contributed by atoms with Crippen molar-refractivity contribution >= 4 is 33.4 Å². The number of thioether (sulfide) groups is 1. The predicted molar refractivity (Wildman–Crippen MR) is 103 cm³/mol. The number of anilines is 1. The van der Waals surface area contributed by atoms with Crippen LogP contribution in [-0.4, -0.2) is 38.0 Å². The quantitative estimate of drug-likeness (QED) is 0.779. The van der Waals surface area contributed by atoms with Crippen LogP contribution in [0.4, 0.5) is 5.69 Å². The number of para-hydroxylation sites is 1. The van der Waals surface area contributed by atoms with Gasteiger partial charge in [-0.2, -0.15) is 4.31 Å². The molecule has 2 rings (SSSR count). The van der Waals surface area contributed by atoms with Gasteiger partial charge in [0.1, 0.15) is 0 Å². The average molecular weight is 379 g/mol. The first-order valence-corrected chi connectivity index (χ1v) is 10.5. The van der Waals surface area contributed by atoms with E-state index < -0.39 is 10.0 Å². The van der Waals surface area contributed by atoms with Crippen LogP contribution in [0.3, 0.4) is 0 Å². The molecular formula is C18H22N2O3S2. The largest absolute Gasteiger partial charge is 0.321 e. The Kier molecular flexibility index (Phi) is 6.26. The van der Waals surface area contributed by atoms with Gasteiger partial charge in [-0.15, -0.1) is 11.8 Å². The SMILES string of the molecule is CSc1ccccc1NC(=O)c1ccc(S(=O)(=O)N(C)C(C)C)cc1. The molecule has 7 heteroatoms. The van der Waals surface area contributed by atoms with Gasteiger partial charge in [-0.05, 0) is 56.5 Å². The summed E-state index contributed by atoms with van der Waals surface area (Å²) in [5, 5.41) is 2.86. The van der Waals surface area contributed by atoms with Crippen LogP contribution in [0, 0.1) is 0 Å². The Morgan fingerprint density at radius 3 is 2.24 bits per heavy atom. The van der Waals surface area contributed by atoms with Gasteiger partial charge in [0.05, 0.1) is 10.6 Å². The number of nitrogens with one attached hydrogen (secondary N) is 1. The molecule has 0 aromatic heterocycles. The maximum atomic E-state index is 12.5. The molecular weight excluding hydrogens is 356 g/mol. The molecule has 2 aromatic rings. The van der Waals surface area contributed by atoms with E-state index >= 15 is 0 Å². The third-order valence-electron chi connectivity index (χ3n) is 3.88. The number of benzene rings is 2. The minimum Gasteiger partial charge on any atom is -0.321 e. The van der Waals surface area contributed by atoms with Crippen molar-refractivity contribution < 1.29 is 13.2 Å². The zero-order valence-electron chi connectivity index (χ0n) is 14.7. The van der Waals surface area contributed by atoms with Gasteiger partial charge in [0.2, 0.25) is 10.0 Å². The maximum absolute atomic E-state index is 12.5. The second-order valence-electron chi connectivity index (χ2n) is 5.79. The summed E-state index contributed by atoms with van der Waals surface area (Å²) in [5.41, 5.74) is 1.14. The third-order valence-corrected chi connectivity index (χ3v) is 6.72. The van der Waals surface area contributed by atoms with E-state index in [0.717, 1.165) is 10.6 Å². The molecule has 0 spiro atoms. The molecule has 1 N–H and O–H groups in total. The molecule has 0 aliphatic heterocycles. The number of carbonyl (C=O) groups is 1. The minimum absolute atomic E-state index is 0.143. The Balaban J connectivity index is 2.21. The van der Waals surface area contributed by atoms with Gasteiger partial charge in [-0.1, -0.05) is 12.1 Å². The van der Waals surface area contributed by atoms with Crippen molar-refractivity contribution in [2.75, 3.05) is 18.6 Å². The summed E-state index contributed by atoms with van der Waals surface area (Å²) in [5.74, 6) is -0.275. The van der Waals surface area contributed by atoms with Crippen LogP contribution in [0.1, 0.15) is 24.2 Å². The fourth-order valence-corrected chi connectivity index (χ4v) is 4.09. The van der Waals surface area contributed by atoms with E-state index in [-0.39, 0.29) is 16.8 Å². The third kappa shape index (κ3) is 4.42. The number of carbonyl (C=O) groups excluding carboxylic acids is 1. The van der Waals surface area contributed by atoms with E-state index in [1.165, 1.54) is 28.6 Å². The average Bonchev–Trinajstić information content (AvgIpc) is 2.61. The Hall–Kier alpha value is -1.83. The summed E-state index contributed by atoms with van der Waals surface area (Å²) < 4.78 is 26.2. The molecule has 1 amide bonds. The molecule has 0 heterocycles. The van der Waals surface area contributed by atoms with E-state index in [0.29, 0.717) is 5.56 Å². The molecule has 134 valence electrons. The zero-order chi connectivity index (χ0) is 18.6. The van der Waals surface area contributed by atoms with Gasteiger partial charge in [-0.3, -0.25) is 4.79 Å². The predicted octanol–water partition coefficient (Wildman–Crippen LogP) is 3.69. The number of hydrogen-bond donors (Lipinski definition) is 1. The fourth-order valence-electron chi connectivity index (χ4n) is 2.16. The van der Waals surface area contributed by atoms with E-state index in [2.05, 4.69) is 5.32 Å². The highest BCUT2D eigenvalue weighted by Gasteiger charge is 2.23. The van der Waals surface area contributed by atoms with Crippen molar-refractivity contribution in [3.8, 4) is 0 Å². The van der Waals surface area contributed by atoms with Gasteiger partial charge in [-0.25, -0.2) is 8.42 Å². The summed E-state index contributed by atoms with van der Waals surface area (Å²) in [4.78, 5) is 13.5. The molecule has 0 unspecified atom stereocenters. The first-order chi connectivity index (χ1) is 11.8. The monoisotopic (exact) mass is 378 g/mol. The highest BCUT2D eigenvalue weighted by Crippen LogP contribution is 2.25. The van der Waals surface area contributed by atoms with E-state index in [1.807, 2.05) is 44.4 Å². The van der Waals surface area contributed by atoms with Crippen LogP contribution >= 0.6 is 11.8 Å². The van der Waals surface area contributed by atoms with Crippen molar-refractivity contribution in [2.45, 2.75) is 29.7 Å². The van der Waals surface area contributed by atoms with Gasteiger partial charge in [0.15, 0.2) is 0 Å². The normalized spacial score (nSPS) is 11.8. The summed E-state index contributed by atoms with van der Waals surface area (Å²) in [6, 6.07) is 13.4. The lowest BCUT2D eigenvalue weighted by molar-refractivity contribution is 0.102. The molecule has 0 aliphatic carbocycles. The lowest BCUT2D eigenvalue weighted by atomic mass is 10.2. The van der Waals surface area contributed by atoms with Gasteiger partial charge >= 0.3 is 0 Å². The fraction of sp³-hybridized carbons (Fsp3) is 0.278. The Bertz CT molecular complexity index is 847. The number of sulfonamides is 1. The number of nitrogens with zero attached hydrogens (tertiary/aromatic N) is 1. The van der Waals surface area contributed by atoms with Crippen molar-refractivity contribution in [1.29, 1.82) is 0 Å². The zero-order valence-corrected chi connectivity index (χ0v) is 16.3. The molecule has 0 fully saturated rings. The summed E-state index contributed by atoms with van der Waals surface area (Å²) in [6.07, 6.45) is 1.94. The minimum atomic E-state index is -3.55. The van der Waals surface area contributed by atoms with Crippen molar-refractivity contribution in [3.05, 3.63) is 54.1 Å². The van der Waals surface area contributed by atoms with Gasteiger partial charge in [0.25, 0.3) is 5.91 Å². The summed E-state index contributed by atoms with van der Waals surface area (Å²) >= 11 is 1.54. The molecule has 2 aromatic carbocycles.